The zero-order valence-corrected chi connectivity index (χ0v) is 21.1. The maximum atomic E-state index is 14.0. The normalized spacial score (nSPS) is 21.9. The first-order valence-electron chi connectivity index (χ1n) is 11.3. The van der Waals surface area contributed by atoms with E-state index in [0.717, 1.165) is 16.4 Å². The summed E-state index contributed by atoms with van der Waals surface area (Å²) in [5.41, 5.74) is -1.74. The van der Waals surface area contributed by atoms with Gasteiger partial charge in [0.25, 0.3) is 10.2 Å². The Bertz CT molecular complexity index is 1030. The summed E-state index contributed by atoms with van der Waals surface area (Å²) >= 11 is 5.96. The summed E-state index contributed by atoms with van der Waals surface area (Å²) in [6, 6.07) is 2.54. The predicted octanol–water partition coefficient (Wildman–Crippen LogP) is 4.69. The minimum Gasteiger partial charge on any atom is -0.295 e. The fourth-order valence-corrected chi connectivity index (χ4v) is 6.20. The van der Waals surface area contributed by atoms with Crippen LogP contribution in [0.4, 0.5) is 22.0 Å². The molecule has 1 aromatic rings. The lowest BCUT2D eigenvalue weighted by Gasteiger charge is -2.51. The summed E-state index contributed by atoms with van der Waals surface area (Å²) in [5, 5.41) is -0.309. The van der Waals surface area contributed by atoms with E-state index < -0.39 is 39.2 Å². The molecule has 1 aliphatic heterocycles. The monoisotopic (exact) mass is 545 g/mol. The third-order valence-electron chi connectivity index (χ3n) is 7.02. The van der Waals surface area contributed by atoms with Crippen LogP contribution in [0.5, 0.6) is 0 Å². The van der Waals surface area contributed by atoms with Crippen LogP contribution in [-0.2, 0) is 16.4 Å². The molecule has 2 fully saturated rings. The number of carbonyl (C=O) groups is 1. The molecule has 35 heavy (non-hydrogen) atoms. The Kier molecular flexibility index (Phi) is 8.23. The van der Waals surface area contributed by atoms with Crippen LogP contribution in [0.2, 0.25) is 5.02 Å². The number of piperazine rings is 1. The number of hydrogen-bond acceptors (Lipinski definition) is 4. The quantitative estimate of drug-likeness (QED) is 0.368. The first-order chi connectivity index (χ1) is 16.1. The minimum atomic E-state index is -4.59. The van der Waals surface area contributed by atoms with E-state index in [-0.39, 0.29) is 62.2 Å². The lowest BCUT2D eigenvalue weighted by atomic mass is 9.74. The molecule has 0 aromatic heterocycles. The third kappa shape index (κ3) is 6.33. The van der Waals surface area contributed by atoms with Crippen LogP contribution in [0.3, 0.4) is 0 Å². The van der Waals surface area contributed by atoms with E-state index in [0.29, 0.717) is 19.2 Å². The number of rotatable bonds is 7. The zero-order chi connectivity index (χ0) is 26.2. The fraction of sp³-hybridized carbons (Fsp3) is 0.682. The first kappa shape index (κ1) is 28.2. The van der Waals surface area contributed by atoms with Crippen molar-refractivity contribution in [1.82, 2.24) is 13.5 Å². The van der Waals surface area contributed by atoms with Gasteiger partial charge < -0.3 is 0 Å². The van der Waals surface area contributed by atoms with Gasteiger partial charge in [-0.2, -0.15) is 30.2 Å². The summed E-state index contributed by atoms with van der Waals surface area (Å²) in [6.07, 6.45) is -4.88. The van der Waals surface area contributed by atoms with Gasteiger partial charge in [0.05, 0.1) is 10.6 Å². The summed E-state index contributed by atoms with van der Waals surface area (Å²) in [7, 11) is -0.732. The molecular formula is C22H29ClF5N3O3S. The molecule has 1 heterocycles. The van der Waals surface area contributed by atoms with Crippen molar-refractivity contribution in [3.63, 3.8) is 0 Å². The minimum absolute atomic E-state index is 0.0437. The van der Waals surface area contributed by atoms with Crippen LogP contribution in [-0.4, -0.2) is 79.4 Å². The van der Waals surface area contributed by atoms with Crippen molar-refractivity contribution in [3.05, 3.63) is 34.3 Å². The molecule has 198 valence electrons. The average Bonchev–Trinajstić information content (AvgIpc) is 2.78. The van der Waals surface area contributed by atoms with Crippen molar-refractivity contribution in [2.75, 3.05) is 40.3 Å². The Morgan fingerprint density at radius 3 is 2.11 bits per heavy atom. The standard InChI is InChI=1S/C22H29ClF5N3O3S/c1-29(2)35(33,34)31-13-11-30(12-14-31)20(7-9-21(24,25)10-8-20)6-5-19(32)17-4-3-16(15-18(17)23)22(26,27)28/h3-4,15H,5-14H2,1-2H3. The van der Waals surface area contributed by atoms with Crippen LogP contribution in [0.15, 0.2) is 18.2 Å². The third-order valence-corrected chi connectivity index (χ3v) is 9.28. The molecule has 1 aromatic carbocycles. The first-order valence-corrected chi connectivity index (χ1v) is 13.1. The second-order valence-electron chi connectivity index (χ2n) is 9.37. The molecule has 3 rings (SSSR count). The number of nitrogens with zero attached hydrogens (tertiary/aromatic N) is 3. The summed E-state index contributed by atoms with van der Waals surface area (Å²) in [6.45, 7) is 1.04. The Morgan fingerprint density at radius 1 is 1.06 bits per heavy atom. The van der Waals surface area contributed by atoms with Crippen molar-refractivity contribution in [2.45, 2.75) is 56.2 Å². The van der Waals surface area contributed by atoms with Gasteiger partial charge in [0.1, 0.15) is 0 Å². The number of alkyl halides is 5. The van der Waals surface area contributed by atoms with Crippen LogP contribution >= 0.6 is 11.6 Å². The highest BCUT2D eigenvalue weighted by molar-refractivity contribution is 7.86. The number of halogens is 6. The van der Waals surface area contributed by atoms with Crippen LogP contribution < -0.4 is 0 Å². The molecule has 0 spiro atoms. The van der Waals surface area contributed by atoms with Crippen molar-refractivity contribution in [3.8, 4) is 0 Å². The van der Waals surface area contributed by atoms with Crippen LogP contribution in [0, 0.1) is 0 Å². The summed E-state index contributed by atoms with van der Waals surface area (Å²) in [4.78, 5) is 14.8. The number of hydrogen-bond donors (Lipinski definition) is 0. The molecule has 1 saturated heterocycles. The fourth-order valence-electron chi connectivity index (χ4n) is 4.83. The topological polar surface area (TPSA) is 60.9 Å². The molecule has 1 saturated carbocycles. The molecule has 6 nitrogen and oxygen atoms in total. The van der Waals surface area contributed by atoms with Gasteiger partial charge >= 0.3 is 6.18 Å². The number of ketones is 1. The molecule has 0 radical (unpaired) electrons. The average molecular weight is 546 g/mol. The van der Waals surface area contributed by atoms with E-state index in [1.165, 1.54) is 18.4 Å². The second-order valence-corrected chi connectivity index (χ2v) is 11.9. The molecule has 13 heteroatoms. The van der Waals surface area contributed by atoms with E-state index in [9.17, 15) is 35.2 Å². The van der Waals surface area contributed by atoms with Gasteiger partial charge in [-0.3, -0.25) is 9.69 Å². The van der Waals surface area contributed by atoms with E-state index in [4.69, 9.17) is 11.6 Å². The van der Waals surface area contributed by atoms with Crippen LogP contribution in [0.1, 0.15) is 54.4 Å². The molecule has 0 bridgehead atoms. The molecule has 0 atom stereocenters. The molecule has 1 aliphatic carbocycles. The molecule has 0 N–H and O–H groups in total. The van der Waals surface area contributed by atoms with Crippen molar-refractivity contribution in [2.24, 2.45) is 0 Å². The smallest absolute Gasteiger partial charge is 0.295 e. The lowest BCUT2D eigenvalue weighted by Crippen LogP contribution is -2.60. The maximum Gasteiger partial charge on any atom is 0.416 e. The Hall–Kier alpha value is -1.34. The summed E-state index contributed by atoms with van der Waals surface area (Å²) < 4.78 is 94.0. The van der Waals surface area contributed by atoms with E-state index in [1.807, 2.05) is 4.90 Å². The van der Waals surface area contributed by atoms with Crippen LogP contribution in [0.25, 0.3) is 0 Å². The number of carbonyl (C=O) groups excluding carboxylic acids is 1. The van der Waals surface area contributed by atoms with E-state index in [2.05, 4.69) is 0 Å². The van der Waals surface area contributed by atoms with Gasteiger partial charge in [-0.25, -0.2) is 8.78 Å². The second kappa shape index (κ2) is 10.2. The van der Waals surface area contributed by atoms with Gasteiger partial charge in [0.2, 0.25) is 5.92 Å². The van der Waals surface area contributed by atoms with E-state index in [1.54, 1.807) is 0 Å². The maximum absolute atomic E-state index is 14.0. The van der Waals surface area contributed by atoms with Gasteiger partial charge in [-0.05, 0) is 37.5 Å². The van der Waals surface area contributed by atoms with Crippen molar-refractivity contribution in [1.29, 1.82) is 0 Å². The Balaban J connectivity index is 1.75. The highest BCUT2D eigenvalue weighted by atomic mass is 35.5. The van der Waals surface area contributed by atoms with Crippen molar-refractivity contribution < 1.29 is 35.2 Å². The molecule has 0 unspecified atom stereocenters. The highest BCUT2D eigenvalue weighted by Crippen LogP contribution is 2.44. The highest BCUT2D eigenvalue weighted by Gasteiger charge is 2.47. The Morgan fingerprint density at radius 2 is 1.63 bits per heavy atom. The number of Topliss-reactive ketones (excluding diaryl/α,β-unsaturated/α-hetero) is 1. The lowest BCUT2D eigenvalue weighted by molar-refractivity contribution is -0.137. The molecule has 0 amide bonds. The van der Waals surface area contributed by atoms with Gasteiger partial charge in [-0.15, -0.1) is 0 Å². The van der Waals surface area contributed by atoms with Gasteiger partial charge in [-0.1, -0.05) is 11.6 Å². The summed E-state index contributed by atoms with van der Waals surface area (Å²) in [5.74, 6) is -3.27. The van der Waals surface area contributed by atoms with E-state index >= 15 is 0 Å². The Labute approximate surface area is 207 Å². The zero-order valence-electron chi connectivity index (χ0n) is 19.5. The molecule has 2 aliphatic rings. The number of benzene rings is 1. The largest absolute Gasteiger partial charge is 0.416 e. The van der Waals surface area contributed by atoms with Crippen molar-refractivity contribution >= 4 is 27.6 Å². The van der Waals surface area contributed by atoms with Gasteiger partial charge in [0.15, 0.2) is 5.78 Å². The van der Waals surface area contributed by atoms with Gasteiger partial charge in [0, 0.05) is 70.6 Å². The predicted molar refractivity (Wildman–Crippen MR) is 122 cm³/mol. The SMILES string of the molecule is CN(C)S(=O)(=O)N1CCN(C2(CCC(=O)c3ccc(C(F)(F)F)cc3Cl)CCC(F)(F)CC2)CC1. The molecular weight excluding hydrogens is 517 g/mol.